The highest BCUT2D eigenvalue weighted by molar-refractivity contribution is 4.35. The molecule has 0 atom stereocenters. The van der Waals surface area contributed by atoms with Crippen molar-refractivity contribution in [2.24, 2.45) is 0 Å². The van der Waals surface area contributed by atoms with Crippen molar-refractivity contribution in [3.63, 3.8) is 0 Å². The molecule has 0 aromatic rings. The van der Waals surface area contributed by atoms with Gasteiger partial charge in [0.2, 0.25) is 0 Å². The third kappa shape index (κ3) is 93.8. The second-order valence-corrected chi connectivity index (χ2v) is 2.30. The highest BCUT2D eigenvalue weighted by atomic mass is 16.9. The quantitative estimate of drug-likeness (QED) is 0.409. The van der Waals surface area contributed by atoms with Crippen LogP contribution in [-0.2, 0) is 0 Å². The Morgan fingerprint density at radius 3 is 1.46 bits per heavy atom. The van der Waals surface area contributed by atoms with Gasteiger partial charge in [-0.05, 0) is 0 Å². The fraction of sp³-hybridized carbons (Fsp3) is 1.00. The van der Waals surface area contributed by atoms with E-state index in [1.807, 2.05) is 0 Å². The molecule has 0 spiro atoms. The first-order valence-corrected chi connectivity index (χ1v) is 4.43. The summed E-state index contributed by atoms with van der Waals surface area (Å²) in [7, 11) is 1.00. The smallest absolute Gasteiger partial charge is 0.291 e. The maximum absolute atomic E-state index is 8.36. The summed E-state index contributed by atoms with van der Waals surface area (Å²) in [6, 6.07) is 0. The zero-order valence-corrected chi connectivity index (χ0v) is 8.69. The number of aliphatic hydroxyl groups excluding tert-OH is 1. The van der Waals surface area contributed by atoms with E-state index in [0.717, 1.165) is 7.11 Å². The van der Waals surface area contributed by atoms with Gasteiger partial charge in [-0.1, -0.05) is 46.0 Å². The second kappa shape index (κ2) is 22.5. The van der Waals surface area contributed by atoms with Gasteiger partial charge in [-0.25, -0.2) is 0 Å². The van der Waals surface area contributed by atoms with E-state index in [4.69, 9.17) is 20.4 Å². The molecule has 0 fully saturated rings. The van der Waals surface area contributed by atoms with Gasteiger partial charge in [0.1, 0.15) is 0 Å². The molecule has 5 heteroatoms. The van der Waals surface area contributed by atoms with Crippen molar-refractivity contribution in [1.82, 2.24) is 0 Å². The lowest BCUT2D eigenvalue weighted by atomic mass is 10.2. The topological polar surface area (TPSA) is 83.6 Å². The summed E-state index contributed by atoms with van der Waals surface area (Å²) in [6.07, 6.45) is 7.01. The first-order chi connectivity index (χ1) is 6.15. The van der Waals surface area contributed by atoms with Crippen LogP contribution in [0.25, 0.3) is 0 Å². The SMILES string of the molecule is CCCCCCC.CO.O=[N+]([O-])O. The highest BCUT2D eigenvalue weighted by Crippen LogP contribution is 2.00. The van der Waals surface area contributed by atoms with Gasteiger partial charge in [0, 0.05) is 7.11 Å². The molecule has 0 aliphatic rings. The molecule has 0 aromatic heterocycles. The molecule has 0 saturated heterocycles. The van der Waals surface area contributed by atoms with E-state index in [2.05, 4.69) is 13.8 Å². The summed E-state index contributed by atoms with van der Waals surface area (Å²) < 4.78 is 0. The molecule has 0 radical (unpaired) electrons. The van der Waals surface area contributed by atoms with E-state index in [0.29, 0.717) is 0 Å². The van der Waals surface area contributed by atoms with Gasteiger partial charge in [-0.3, -0.25) is 0 Å². The standard InChI is InChI=1S/C7H16.CH4O.HNO3/c1-3-5-7-6-4-2;1-2;2-1(3)4/h3-7H2,1-2H3;2H,1H3;(H,2,3,4). The fourth-order valence-corrected chi connectivity index (χ4v) is 0.677. The average Bonchev–Trinajstić information content (AvgIpc) is 2.08. The van der Waals surface area contributed by atoms with Crippen LogP contribution in [0.2, 0.25) is 0 Å². The van der Waals surface area contributed by atoms with Crippen LogP contribution < -0.4 is 0 Å². The lowest BCUT2D eigenvalue weighted by Crippen LogP contribution is -1.81. The van der Waals surface area contributed by atoms with Crippen LogP contribution >= 0.6 is 0 Å². The van der Waals surface area contributed by atoms with E-state index in [1.54, 1.807) is 0 Å². The Morgan fingerprint density at radius 1 is 1.08 bits per heavy atom. The highest BCUT2D eigenvalue weighted by Gasteiger charge is 1.80. The first-order valence-electron chi connectivity index (χ1n) is 4.43. The molecule has 2 N–H and O–H groups in total. The third-order valence-electron chi connectivity index (χ3n) is 1.21. The van der Waals surface area contributed by atoms with Crippen LogP contribution in [0.15, 0.2) is 0 Å². The third-order valence-corrected chi connectivity index (χ3v) is 1.21. The number of unbranched alkanes of at least 4 members (excludes halogenated alkanes) is 4. The van der Waals surface area contributed by atoms with E-state index >= 15 is 0 Å². The minimum Gasteiger partial charge on any atom is -0.400 e. The maximum Gasteiger partial charge on any atom is 0.291 e. The Kier molecular flexibility index (Phi) is 31.2. The van der Waals surface area contributed by atoms with Crippen LogP contribution in [0.1, 0.15) is 46.0 Å². The Labute approximate surface area is 79.5 Å². The van der Waals surface area contributed by atoms with Gasteiger partial charge in [0.05, 0.1) is 0 Å². The number of rotatable bonds is 4. The molecule has 0 aliphatic heterocycles. The van der Waals surface area contributed by atoms with E-state index < -0.39 is 5.09 Å². The zero-order chi connectivity index (χ0) is 11.1. The number of hydrogen-bond acceptors (Lipinski definition) is 3. The van der Waals surface area contributed by atoms with Crippen molar-refractivity contribution in [2.45, 2.75) is 46.0 Å². The minimum absolute atomic E-state index is 1.00. The van der Waals surface area contributed by atoms with Crippen LogP contribution in [-0.4, -0.2) is 22.5 Å². The monoisotopic (exact) mass is 195 g/mol. The Morgan fingerprint density at radius 2 is 1.31 bits per heavy atom. The lowest BCUT2D eigenvalue weighted by Gasteiger charge is -1.90. The van der Waals surface area contributed by atoms with E-state index in [1.165, 1.54) is 32.1 Å². The van der Waals surface area contributed by atoms with Crippen molar-refractivity contribution < 1.29 is 15.4 Å². The molecular weight excluding hydrogens is 174 g/mol. The summed E-state index contributed by atoms with van der Waals surface area (Å²) in [5.74, 6) is 0. The number of aliphatic hydroxyl groups is 1. The van der Waals surface area contributed by atoms with Crippen molar-refractivity contribution in [3.05, 3.63) is 10.1 Å². The first kappa shape index (κ1) is 18.0. The zero-order valence-electron chi connectivity index (χ0n) is 8.69. The molecule has 13 heavy (non-hydrogen) atoms. The maximum atomic E-state index is 8.36. The minimum atomic E-state index is -1.50. The van der Waals surface area contributed by atoms with Gasteiger partial charge < -0.3 is 10.3 Å². The molecule has 5 nitrogen and oxygen atoms in total. The molecule has 0 heterocycles. The van der Waals surface area contributed by atoms with Crippen LogP contribution in [0.5, 0.6) is 0 Å². The molecule has 0 bridgehead atoms. The summed E-state index contributed by atoms with van der Waals surface area (Å²) in [5.41, 5.74) is 0. The normalized spacial score (nSPS) is 7.38. The summed E-state index contributed by atoms with van der Waals surface area (Å²) in [6.45, 7) is 4.49. The van der Waals surface area contributed by atoms with Crippen molar-refractivity contribution in [1.29, 1.82) is 0 Å². The summed E-state index contributed by atoms with van der Waals surface area (Å²) >= 11 is 0. The van der Waals surface area contributed by atoms with Gasteiger partial charge in [-0.15, -0.1) is 10.1 Å². The van der Waals surface area contributed by atoms with Crippen molar-refractivity contribution in [3.8, 4) is 0 Å². The molecule has 0 rings (SSSR count). The number of hydrogen-bond donors (Lipinski definition) is 2. The number of nitrogens with zero attached hydrogens (tertiary/aromatic N) is 1. The van der Waals surface area contributed by atoms with Crippen LogP contribution in [0.4, 0.5) is 0 Å². The van der Waals surface area contributed by atoms with E-state index in [-0.39, 0.29) is 0 Å². The Bertz CT molecular complexity index is 80.2. The predicted octanol–water partition coefficient (Wildman–Crippen LogP) is 2.24. The van der Waals surface area contributed by atoms with Gasteiger partial charge in [-0.2, -0.15) is 0 Å². The van der Waals surface area contributed by atoms with Gasteiger partial charge in [0.15, 0.2) is 0 Å². The molecule has 0 aliphatic carbocycles. The van der Waals surface area contributed by atoms with Crippen LogP contribution in [0, 0.1) is 10.1 Å². The predicted molar refractivity (Wildman–Crippen MR) is 51.4 cm³/mol. The lowest BCUT2D eigenvalue weighted by molar-refractivity contribution is -0.742. The fourth-order valence-electron chi connectivity index (χ4n) is 0.677. The van der Waals surface area contributed by atoms with Crippen molar-refractivity contribution in [2.75, 3.05) is 7.11 Å². The Hall–Kier alpha value is -0.840. The van der Waals surface area contributed by atoms with Crippen molar-refractivity contribution >= 4 is 0 Å². The largest absolute Gasteiger partial charge is 0.400 e. The van der Waals surface area contributed by atoms with Crippen LogP contribution in [0.3, 0.4) is 0 Å². The molecule has 0 unspecified atom stereocenters. The summed E-state index contributed by atoms with van der Waals surface area (Å²) in [5, 5.41) is 20.6. The molecule has 0 amide bonds. The van der Waals surface area contributed by atoms with Gasteiger partial charge >= 0.3 is 0 Å². The van der Waals surface area contributed by atoms with E-state index in [9.17, 15) is 0 Å². The second-order valence-electron chi connectivity index (χ2n) is 2.30. The average molecular weight is 195 g/mol. The van der Waals surface area contributed by atoms with Gasteiger partial charge in [0.25, 0.3) is 5.09 Å². The Balaban J connectivity index is -0.000000142. The molecule has 0 saturated carbocycles. The molecular formula is C8H21NO4. The summed E-state index contributed by atoms with van der Waals surface area (Å²) in [4.78, 5) is 8.36. The molecule has 0 aromatic carbocycles. The molecule has 82 valence electrons.